The molecule has 0 fully saturated rings. The lowest BCUT2D eigenvalue weighted by atomic mass is 9.95. The Balaban J connectivity index is 1.87. The van der Waals surface area contributed by atoms with Crippen LogP contribution in [0.4, 0.5) is 0 Å². The molecule has 1 atom stereocenters. The number of sulfonamides is 1. The zero-order valence-electron chi connectivity index (χ0n) is 14.8. The van der Waals surface area contributed by atoms with E-state index in [2.05, 4.69) is 12.2 Å². The highest BCUT2D eigenvalue weighted by molar-refractivity contribution is 7.91. The van der Waals surface area contributed by atoms with E-state index < -0.39 is 16.1 Å². The molecule has 2 heterocycles. The first kappa shape index (κ1) is 19.1. The normalized spacial score (nSPS) is 17.7. The second kappa shape index (κ2) is 8.33. The lowest BCUT2D eigenvalue weighted by Gasteiger charge is -2.34. The summed E-state index contributed by atoms with van der Waals surface area (Å²) in [6, 6.07) is 10.3. The van der Waals surface area contributed by atoms with Gasteiger partial charge in [0.25, 0.3) is 10.0 Å². The molecule has 1 aromatic carbocycles. The predicted octanol–water partition coefficient (Wildman–Crippen LogP) is 3.17. The quantitative estimate of drug-likeness (QED) is 0.736. The molecule has 0 saturated carbocycles. The molecule has 1 unspecified atom stereocenters. The Labute approximate surface area is 159 Å². The number of thiophene rings is 1. The summed E-state index contributed by atoms with van der Waals surface area (Å²) in [4.78, 5) is 12.8. The van der Waals surface area contributed by atoms with Crippen molar-refractivity contribution in [1.82, 2.24) is 9.62 Å². The molecule has 5 nitrogen and oxygen atoms in total. The number of nitrogens with zero attached hydrogens (tertiary/aromatic N) is 1. The number of amides is 1. The van der Waals surface area contributed by atoms with Gasteiger partial charge in [0.15, 0.2) is 0 Å². The SMILES string of the molecule is CCCCCNC(=O)C1Cc2ccccc2CN1S(=O)(=O)c1cccs1. The highest BCUT2D eigenvalue weighted by Crippen LogP contribution is 2.30. The fourth-order valence-electron chi connectivity index (χ4n) is 3.21. The average molecular weight is 393 g/mol. The number of rotatable bonds is 7. The molecule has 1 aliphatic heterocycles. The zero-order valence-corrected chi connectivity index (χ0v) is 16.5. The van der Waals surface area contributed by atoms with Crippen LogP contribution in [0.2, 0.25) is 0 Å². The van der Waals surface area contributed by atoms with Crippen molar-refractivity contribution in [2.75, 3.05) is 6.54 Å². The van der Waals surface area contributed by atoms with Crippen molar-refractivity contribution in [1.29, 1.82) is 0 Å². The van der Waals surface area contributed by atoms with Crippen molar-refractivity contribution in [3.8, 4) is 0 Å². The van der Waals surface area contributed by atoms with E-state index in [1.807, 2.05) is 24.3 Å². The molecule has 140 valence electrons. The molecule has 1 amide bonds. The van der Waals surface area contributed by atoms with Crippen LogP contribution in [0.1, 0.15) is 37.3 Å². The van der Waals surface area contributed by atoms with E-state index in [1.54, 1.807) is 17.5 Å². The van der Waals surface area contributed by atoms with Crippen molar-refractivity contribution in [3.63, 3.8) is 0 Å². The van der Waals surface area contributed by atoms with Gasteiger partial charge < -0.3 is 5.32 Å². The van der Waals surface area contributed by atoms with Crippen LogP contribution in [0.5, 0.6) is 0 Å². The Hall–Kier alpha value is -1.70. The van der Waals surface area contributed by atoms with Crippen LogP contribution in [0.15, 0.2) is 46.0 Å². The van der Waals surface area contributed by atoms with Crippen LogP contribution in [0.25, 0.3) is 0 Å². The summed E-state index contributed by atoms with van der Waals surface area (Å²) in [7, 11) is -3.70. The van der Waals surface area contributed by atoms with E-state index in [-0.39, 0.29) is 16.7 Å². The predicted molar refractivity (Wildman–Crippen MR) is 104 cm³/mol. The average Bonchev–Trinajstić information content (AvgIpc) is 3.19. The van der Waals surface area contributed by atoms with Crippen LogP contribution >= 0.6 is 11.3 Å². The molecule has 2 aromatic rings. The van der Waals surface area contributed by atoms with Crippen LogP contribution in [0.3, 0.4) is 0 Å². The molecule has 3 rings (SSSR count). The lowest BCUT2D eigenvalue weighted by molar-refractivity contribution is -0.125. The maximum absolute atomic E-state index is 13.1. The van der Waals surface area contributed by atoms with Gasteiger partial charge in [-0.15, -0.1) is 11.3 Å². The number of benzene rings is 1. The van der Waals surface area contributed by atoms with E-state index in [1.165, 1.54) is 15.6 Å². The lowest BCUT2D eigenvalue weighted by Crippen LogP contribution is -2.52. The van der Waals surface area contributed by atoms with Crippen molar-refractivity contribution in [3.05, 3.63) is 52.9 Å². The Morgan fingerprint density at radius 2 is 1.96 bits per heavy atom. The first-order valence-corrected chi connectivity index (χ1v) is 11.3. The summed E-state index contributed by atoms with van der Waals surface area (Å²) >= 11 is 1.18. The molecular formula is C19H24N2O3S2. The van der Waals surface area contributed by atoms with Gasteiger partial charge in [0.1, 0.15) is 10.3 Å². The summed E-state index contributed by atoms with van der Waals surface area (Å²) < 4.78 is 27.8. The molecule has 0 radical (unpaired) electrons. The monoisotopic (exact) mass is 392 g/mol. The van der Waals surface area contributed by atoms with E-state index in [0.29, 0.717) is 13.0 Å². The molecule has 1 aromatic heterocycles. The van der Waals surface area contributed by atoms with Crippen LogP contribution in [0, 0.1) is 0 Å². The van der Waals surface area contributed by atoms with Gasteiger partial charge in [0.2, 0.25) is 5.91 Å². The summed E-state index contributed by atoms with van der Waals surface area (Å²) in [6.45, 7) is 2.91. The van der Waals surface area contributed by atoms with Gasteiger partial charge in [0, 0.05) is 13.1 Å². The number of fused-ring (bicyclic) bond motifs is 1. The van der Waals surface area contributed by atoms with E-state index in [0.717, 1.165) is 30.4 Å². The molecule has 1 aliphatic rings. The fraction of sp³-hybridized carbons (Fsp3) is 0.421. The van der Waals surface area contributed by atoms with Gasteiger partial charge in [-0.25, -0.2) is 8.42 Å². The van der Waals surface area contributed by atoms with Crippen LogP contribution in [-0.4, -0.2) is 31.2 Å². The minimum absolute atomic E-state index is 0.212. The maximum atomic E-state index is 13.1. The Bertz CT molecular complexity index is 847. The standard InChI is InChI=1S/C19H24N2O3S2/c1-2-3-6-11-20-19(22)17-13-15-8-4-5-9-16(15)14-21(17)26(23,24)18-10-7-12-25-18/h4-5,7-10,12,17H,2-3,6,11,13-14H2,1H3,(H,20,22). The van der Waals surface area contributed by atoms with Gasteiger partial charge in [-0.05, 0) is 35.4 Å². The van der Waals surface area contributed by atoms with Gasteiger partial charge in [0.05, 0.1) is 0 Å². The van der Waals surface area contributed by atoms with E-state index in [9.17, 15) is 13.2 Å². The van der Waals surface area contributed by atoms with Gasteiger partial charge in [-0.2, -0.15) is 4.31 Å². The topological polar surface area (TPSA) is 66.5 Å². The van der Waals surface area contributed by atoms with Crippen LogP contribution in [-0.2, 0) is 27.8 Å². The molecule has 7 heteroatoms. The molecule has 0 aliphatic carbocycles. The van der Waals surface area contributed by atoms with Gasteiger partial charge in [-0.3, -0.25) is 4.79 Å². The largest absolute Gasteiger partial charge is 0.355 e. The number of hydrogen-bond acceptors (Lipinski definition) is 4. The Morgan fingerprint density at radius 3 is 2.65 bits per heavy atom. The minimum Gasteiger partial charge on any atom is -0.355 e. The number of nitrogens with one attached hydrogen (secondary N) is 1. The minimum atomic E-state index is -3.70. The number of hydrogen-bond donors (Lipinski definition) is 1. The van der Waals surface area contributed by atoms with Crippen molar-refractivity contribution in [2.24, 2.45) is 0 Å². The highest BCUT2D eigenvalue weighted by Gasteiger charge is 2.39. The van der Waals surface area contributed by atoms with E-state index in [4.69, 9.17) is 0 Å². The molecule has 1 N–H and O–H groups in total. The summed E-state index contributed by atoms with van der Waals surface area (Å²) in [5.74, 6) is -0.212. The Kier molecular flexibility index (Phi) is 6.11. The number of carbonyl (C=O) groups excluding carboxylic acids is 1. The Morgan fingerprint density at radius 1 is 1.19 bits per heavy atom. The third kappa shape index (κ3) is 4.00. The highest BCUT2D eigenvalue weighted by atomic mass is 32.2. The zero-order chi connectivity index (χ0) is 18.6. The van der Waals surface area contributed by atoms with Gasteiger partial charge in [-0.1, -0.05) is 50.1 Å². The molecule has 26 heavy (non-hydrogen) atoms. The first-order chi connectivity index (χ1) is 12.5. The van der Waals surface area contributed by atoms with Crippen molar-refractivity contribution in [2.45, 2.75) is 49.4 Å². The van der Waals surface area contributed by atoms with Crippen molar-refractivity contribution >= 4 is 27.3 Å². The summed E-state index contributed by atoms with van der Waals surface area (Å²) in [5.41, 5.74) is 2.00. The third-order valence-corrected chi connectivity index (χ3v) is 7.87. The maximum Gasteiger partial charge on any atom is 0.253 e. The second-order valence-corrected chi connectivity index (χ2v) is 9.53. The fourth-order valence-corrected chi connectivity index (χ4v) is 5.89. The molecular weight excluding hydrogens is 368 g/mol. The summed E-state index contributed by atoms with van der Waals surface area (Å²) in [6.07, 6.45) is 3.43. The van der Waals surface area contributed by atoms with Gasteiger partial charge >= 0.3 is 0 Å². The van der Waals surface area contributed by atoms with Crippen molar-refractivity contribution < 1.29 is 13.2 Å². The smallest absolute Gasteiger partial charge is 0.253 e. The molecule has 0 saturated heterocycles. The summed E-state index contributed by atoms with van der Waals surface area (Å²) in [5, 5.41) is 4.66. The number of unbranched alkanes of at least 4 members (excludes halogenated alkanes) is 2. The first-order valence-electron chi connectivity index (χ1n) is 8.94. The second-order valence-electron chi connectivity index (χ2n) is 6.47. The third-order valence-electron chi connectivity index (χ3n) is 4.65. The molecule has 0 bridgehead atoms. The van der Waals surface area contributed by atoms with Crippen LogP contribution < -0.4 is 5.32 Å². The number of carbonyl (C=O) groups is 1. The van der Waals surface area contributed by atoms with E-state index >= 15 is 0 Å². The molecule has 0 spiro atoms.